The van der Waals surface area contributed by atoms with Crippen molar-refractivity contribution in [3.8, 4) is 0 Å². The summed E-state index contributed by atoms with van der Waals surface area (Å²) in [4.78, 5) is 26.4. The highest BCUT2D eigenvalue weighted by Crippen LogP contribution is 2.21. The molecule has 0 aliphatic rings. The Balaban J connectivity index is 0. The first-order chi connectivity index (χ1) is 26.3. The second-order valence-electron chi connectivity index (χ2n) is 18.0. The van der Waals surface area contributed by atoms with Crippen LogP contribution in [0.4, 0.5) is 0 Å². The summed E-state index contributed by atoms with van der Waals surface area (Å²) in [6, 6.07) is -0.355. The van der Waals surface area contributed by atoms with Crippen molar-refractivity contribution in [3.05, 3.63) is 0 Å². The van der Waals surface area contributed by atoms with Crippen LogP contribution in [0.25, 0.3) is 0 Å². The molecule has 6 heteroatoms. The number of nitrogens with zero attached hydrogens (tertiary/aromatic N) is 1. The molecule has 0 saturated carbocycles. The minimum Gasteiger partial charge on any atom is -1.00 e. The highest BCUT2D eigenvalue weighted by atomic mass is 35.5. The molecule has 0 radical (unpaired) electrons. The van der Waals surface area contributed by atoms with Gasteiger partial charge in [-0.2, -0.15) is 0 Å². The summed E-state index contributed by atoms with van der Waals surface area (Å²) < 4.78 is 12.4. The highest BCUT2D eigenvalue weighted by Gasteiger charge is 2.34. The Bertz CT molecular complexity index is 772. The van der Waals surface area contributed by atoms with E-state index in [4.69, 9.17) is 9.47 Å². The third kappa shape index (κ3) is 39.8. The predicted octanol–water partition coefficient (Wildman–Crippen LogP) is 12.4. The molecule has 0 N–H and O–H groups in total. The van der Waals surface area contributed by atoms with Gasteiger partial charge in [-0.3, -0.25) is 4.79 Å². The summed E-state index contributed by atoms with van der Waals surface area (Å²) >= 11 is 0. The van der Waals surface area contributed by atoms with Gasteiger partial charge in [0.05, 0.1) is 34.2 Å². The SMILES string of the molecule is CCCCCCCCCCCCCCC(CCCCCCCCCCCCCC)OC(=O)CCC(C(=O)OCCCCCCCCCCCC)[N+](C)(C)C.[Cl-]. The summed E-state index contributed by atoms with van der Waals surface area (Å²) in [6.07, 6.45) is 47.5. The first-order valence-electron chi connectivity index (χ1n) is 24.4. The Morgan fingerprint density at radius 3 is 1.02 bits per heavy atom. The molecule has 0 bridgehead atoms. The average Bonchev–Trinajstić information content (AvgIpc) is 3.14. The lowest BCUT2D eigenvalue weighted by molar-refractivity contribution is -0.887. The summed E-state index contributed by atoms with van der Waals surface area (Å²) in [7, 11) is 6.09. The van der Waals surface area contributed by atoms with Gasteiger partial charge in [-0.05, 0) is 32.1 Å². The smallest absolute Gasteiger partial charge is 0.364 e. The standard InChI is InChI=1S/C49H98NO4.ClH/c1-7-10-13-16-19-22-25-27-29-32-35-38-41-46(42-39-36-33-30-28-26-23-20-17-14-11-8-2)54-48(51)44-43-47(50(4,5)6)49(52)53-45-40-37-34-31-24-21-18-15-12-9-3;/h46-47H,7-45H2,1-6H3;1H/q+1;/p-1. The van der Waals surface area contributed by atoms with E-state index in [1.807, 2.05) is 21.1 Å². The van der Waals surface area contributed by atoms with E-state index in [0.29, 0.717) is 17.5 Å². The molecule has 1 unspecified atom stereocenters. The van der Waals surface area contributed by atoms with Crippen LogP contribution >= 0.6 is 0 Å². The Hall–Kier alpha value is -0.810. The molecule has 0 aromatic carbocycles. The zero-order chi connectivity index (χ0) is 39.8. The number of carbonyl (C=O) groups excluding carboxylic acids is 2. The van der Waals surface area contributed by atoms with Gasteiger partial charge < -0.3 is 26.4 Å². The number of halogens is 1. The molecule has 0 heterocycles. The fourth-order valence-electron chi connectivity index (χ4n) is 7.87. The van der Waals surface area contributed by atoms with E-state index in [1.165, 1.54) is 193 Å². The number of carbonyl (C=O) groups is 2. The number of esters is 2. The minimum absolute atomic E-state index is 0. The molecule has 0 aliphatic carbocycles. The Morgan fingerprint density at radius 1 is 0.418 bits per heavy atom. The summed E-state index contributed by atoms with van der Waals surface area (Å²) in [5.41, 5.74) is 0. The van der Waals surface area contributed by atoms with Crippen LogP contribution in [0.3, 0.4) is 0 Å². The minimum atomic E-state index is -0.355. The molecule has 330 valence electrons. The maximum Gasteiger partial charge on any atom is 0.364 e. The van der Waals surface area contributed by atoms with Crippen LogP contribution in [-0.2, 0) is 19.1 Å². The van der Waals surface area contributed by atoms with Gasteiger partial charge in [0.1, 0.15) is 6.10 Å². The van der Waals surface area contributed by atoms with Crippen molar-refractivity contribution in [1.29, 1.82) is 0 Å². The number of likely N-dealkylation sites (N-methyl/N-ethyl adjacent to an activating group) is 1. The summed E-state index contributed by atoms with van der Waals surface area (Å²) in [6.45, 7) is 7.32. The van der Waals surface area contributed by atoms with Crippen LogP contribution in [0.1, 0.15) is 265 Å². The van der Waals surface area contributed by atoms with Gasteiger partial charge in [0, 0.05) is 6.42 Å². The lowest BCUT2D eigenvalue weighted by atomic mass is 10.0. The molecule has 0 spiro atoms. The number of quaternary nitrogens is 1. The van der Waals surface area contributed by atoms with E-state index >= 15 is 0 Å². The van der Waals surface area contributed by atoms with Crippen LogP contribution < -0.4 is 12.4 Å². The third-order valence-electron chi connectivity index (χ3n) is 11.6. The summed E-state index contributed by atoms with van der Waals surface area (Å²) in [5, 5.41) is 0. The van der Waals surface area contributed by atoms with E-state index in [0.717, 1.165) is 38.5 Å². The molecular formula is C49H98ClNO4. The number of rotatable bonds is 43. The molecule has 0 aromatic rings. The Morgan fingerprint density at radius 2 is 0.709 bits per heavy atom. The number of hydrogen-bond acceptors (Lipinski definition) is 4. The molecule has 0 fully saturated rings. The van der Waals surface area contributed by atoms with Gasteiger partial charge in [-0.15, -0.1) is 0 Å². The number of ether oxygens (including phenoxy) is 2. The maximum atomic E-state index is 13.2. The molecule has 1 atom stereocenters. The Kier molecular flexibility index (Phi) is 43.8. The number of hydrogen-bond donors (Lipinski definition) is 0. The topological polar surface area (TPSA) is 52.6 Å². The lowest BCUT2D eigenvalue weighted by Crippen LogP contribution is -3.00. The molecule has 0 amide bonds. The predicted molar refractivity (Wildman–Crippen MR) is 235 cm³/mol. The van der Waals surface area contributed by atoms with Crippen molar-refractivity contribution in [2.24, 2.45) is 0 Å². The molecule has 55 heavy (non-hydrogen) atoms. The van der Waals surface area contributed by atoms with Crippen molar-refractivity contribution < 1.29 is 36.0 Å². The zero-order valence-corrected chi connectivity index (χ0v) is 38.9. The van der Waals surface area contributed by atoms with Crippen LogP contribution in [-0.4, -0.2) is 56.3 Å². The van der Waals surface area contributed by atoms with Crippen LogP contribution in [0.15, 0.2) is 0 Å². The van der Waals surface area contributed by atoms with Crippen molar-refractivity contribution in [2.45, 2.75) is 277 Å². The van der Waals surface area contributed by atoms with Gasteiger partial charge in [-0.1, -0.05) is 220 Å². The molecule has 0 rings (SSSR count). The monoisotopic (exact) mass is 800 g/mol. The molecule has 0 saturated heterocycles. The van der Waals surface area contributed by atoms with Gasteiger partial charge in [0.15, 0.2) is 6.04 Å². The number of unbranched alkanes of at least 4 members (excludes halogenated alkanes) is 31. The lowest BCUT2D eigenvalue weighted by Gasteiger charge is -2.32. The fourth-order valence-corrected chi connectivity index (χ4v) is 7.87. The van der Waals surface area contributed by atoms with Crippen LogP contribution in [0.2, 0.25) is 0 Å². The highest BCUT2D eigenvalue weighted by molar-refractivity contribution is 5.76. The fraction of sp³-hybridized carbons (Fsp3) is 0.959. The van der Waals surface area contributed by atoms with Crippen LogP contribution in [0.5, 0.6) is 0 Å². The van der Waals surface area contributed by atoms with Gasteiger partial charge >= 0.3 is 11.9 Å². The molecule has 5 nitrogen and oxygen atoms in total. The van der Waals surface area contributed by atoms with Crippen molar-refractivity contribution in [1.82, 2.24) is 0 Å². The zero-order valence-electron chi connectivity index (χ0n) is 38.2. The second-order valence-corrected chi connectivity index (χ2v) is 18.0. The summed E-state index contributed by atoms with van der Waals surface area (Å²) in [5.74, 6) is -0.311. The first-order valence-corrected chi connectivity index (χ1v) is 24.4. The van der Waals surface area contributed by atoms with E-state index in [9.17, 15) is 9.59 Å². The van der Waals surface area contributed by atoms with Gasteiger partial charge in [0.2, 0.25) is 0 Å². The molecular weight excluding hydrogens is 702 g/mol. The Labute approximate surface area is 351 Å². The average molecular weight is 801 g/mol. The van der Waals surface area contributed by atoms with Crippen molar-refractivity contribution >= 4 is 11.9 Å². The normalized spacial score (nSPS) is 12.2. The quantitative estimate of drug-likeness (QED) is 0.0350. The van der Waals surface area contributed by atoms with Crippen molar-refractivity contribution in [2.75, 3.05) is 27.7 Å². The third-order valence-corrected chi connectivity index (χ3v) is 11.6. The van der Waals surface area contributed by atoms with E-state index < -0.39 is 0 Å². The first kappa shape index (κ1) is 56.3. The maximum absolute atomic E-state index is 13.2. The van der Waals surface area contributed by atoms with Crippen molar-refractivity contribution in [3.63, 3.8) is 0 Å². The van der Waals surface area contributed by atoms with Gasteiger partial charge in [-0.25, -0.2) is 4.79 Å². The largest absolute Gasteiger partial charge is 1.00 e. The molecule has 0 aliphatic heterocycles. The van der Waals surface area contributed by atoms with E-state index in [-0.39, 0.29) is 42.9 Å². The second kappa shape index (κ2) is 42.8. The van der Waals surface area contributed by atoms with Gasteiger partial charge in [0.25, 0.3) is 0 Å². The van der Waals surface area contributed by atoms with Crippen LogP contribution in [0, 0.1) is 0 Å². The van der Waals surface area contributed by atoms with E-state index in [2.05, 4.69) is 20.8 Å². The van der Waals surface area contributed by atoms with E-state index in [1.54, 1.807) is 0 Å². The molecule has 0 aromatic heterocycles.